The molecule has 1 atom stereocenters. The third kappa shape index (κ3) is 4.01. The molecule has 2 rings (SSSR count). The summed E-state index contributed by atoms with van der Waals surface area (Å²) in [5.74, 6) is -1.67. The van der Waals surface area contributed by atoms with Crippen LogP contribution in [0.2, 0.25) is 0 Å². The van der Waals surface area contributed by atoms with E-state index in [4.69, 9.17) is 17.3 Å². The molecule has 0 saturated carbocycles. The van der Waals surface area contributed by atoms with Crippen molar-refractivity contribution in [3.8, 4) is 0 Å². The zero-order valence-electron chi connectivity index (χ0n) is 13.1. The van der Waals surface area contributed by atoms with Crippen LogP contribution in [0.1, 0.15) is 29.3 Å². The molecule has 1 aliphatic rings. The van der Waals surface area contributed by atoms with Crippen LogP contribution < -0.4 is 5.32 Å². The molecule has 0 aromatic heterocycles. The van der Waals surface area contributed by atoms with E-state index in [1.54, 1.807) is 44.3 Å². The lowest BCUT2D eigenvalue weighted by Crippen LogP contribution is -2.40. The molecule has 24 heavy (non-hydrogen) atoms. The number of rotatable bonds is 5. The van der Waals surface area contributed by atoms with Crippen LogP contribution in [-0.2, 0) is 9.59 Å². The Bertz CT molecular complexity index is 728. The minimum absolute atomic E-state index is 0.154. The number of amides is 2. The Morgan fingerprint density at radius 2 is 2.00 bits per heavy atom. The van der Waals surface area contributed by atoms with Crippen molar-refractivity contribution < 1.29 is 19.5 Å². The topological polar surface area (TPSA) is 86.7 Å². The van der Waals surface area contributed by atoms with Gasteiger partial charge in [-0.1, -0.05) is 43.0 Å². The molecule has 1 aromatic rings. The first-order valence-corrected chi connectivity index (χ1v) is 8.41. The van der Waals surface area contributed by atoms with Crippen molar-refractivity contribution in [3.63, 3.8) is 0 Å². The van der Waals surface area contributed by atoms with Crippen molar-refractivity contribution >= 4 is 52.2 Å². The molecule has 0 aliphatic carbocycles. The highest BCUT2D eigenvalue weighted by Crippen LogP contribution is 2.31. The summed E-state index contributed by atoms with van der Waals surface area (Å²) in [6.07, 6.45) is 2.01. The second kappa shape index (κ2) is 7.59. The maximum Gasteiger partial charge on any atom is 0.326 e. The summed E-state index contributed by atoms with van der Waals surface area (Å²) in [5, 5.41) is 11.4. The van der Waals surface area contributed by atoms with Gasteiger partial charge in [-0.3, -0.25) is 14.5 Å². The summed E-state index contributed by atoms with van der Waals surface area (Å²) in [6, 6.07) is 5.64. The number of carbonyl (C=O) groups excluding carboxylic acids is 2. The minimum atomic E-state index is -1.07. The molecular weight excluding hydrogens is 348 g/mol. The van der Waals surface area contributed by atoms with Gasteiger partial charge in [0.25, 0.3) is 11.8 Å². The molecule has 2 amide bonds. The quantitative estimate of drug-likeness (QED) is 0.615. The normalized spacial score (nSPS) is 17.2. The Hall–Kier alpha value is -2.19. The fourth-order valence-corrected chi connectivity index (χ4v) is 3.19. The largest absolute Gasteiger partial charge is 0.480 e. The van der Waals surface area contributed by atoms with Crippen LogP contribution in [0.15, 0.2) is 29.2 Å². The fourth-order valence-electron chi connectivity index (χ4n) is 2.01. The molecule has 1 heterocycles. The number of benzene rings is 1. The SMILES string of the molecule is CCC(NC(=O)c1ccc(/C=C2\SC(=S)N(C)C2=O)cc1)C(=O)O. The Labute approximate surface area is 148 Å². The number of carboxylic acid groups (broad SMARTS) is 1. The van der Waals surface area contributed by atoms with E-state index >= 15 is 0 Å². The molecule has 126 valence electrons. The van der Waals surface area contributed by atoms with Crippen LogP contribution in [0.4, 0.5) is 0 Å². The number of hydrogen-bond donors (Lipinski definition) is 2. The van der Waals surface area contributed by atoms with E-state index in [0.717, 1.165) is 5.56 Å². The number of nitrogens with one attached hydrogen (secondary N) is 1. The molecule has 1 aliphatic heterocycles. The number of nitrogens with zero attached hydrogens (tertiary/aromatic N) is 1. The summed E-state index contributed by atoms with van der Waals surface area (Å²) in [4.78, 5) is 36.9. The van der Waals surface area contributed by atoms with Crippen LogP contribution in [0.3, 0.4) is 0 Å². The van der Waals surface area contributed by atoms with Crippen LogP contribution >= 0.6 is 24.0 Å². The van der Waals surface area contributed by atoms with Gasteiger partial charge < -0.3 is 10.4 Å². The van der Waals surface area contributed by atoms with E-state index < -0.39 is 17.9 Å². The van der Waals surface area contributed by atoms with E-state index in [2.05, 4.69) is 5.32 Å². The number of carboxylic acids is 1. The van der Waals surface area contributed by atoms with Gasteiger partial charge in [0.2, 0.25) is 0 Å². The Balaban J connectivity index is 2.11. The van der Waals surface area contributed by atoms with Gasteiger partial charge in [-0.15, -0.1) is 0 Å². The Kier molecular flexibility index (Phi) is 5.74. The average Bonchev–Trinajstić information content (AvgIpc) is 2.79. The van der Waals surface area contributed by atoms with Gasteiger partial charge in [0.05, 0.1) is 4.91 Å². The van der Waals surface area contributed by atoms with Crippen molar-refractivity contribution in [2.24, 2.45) is 0 Å². The number of likely N-dealkylation sites (N-methyl/N-ethyl adjacent to an activating group) is 1. The van der Waals surface area contributed by atoms with E-state index in [1.807, 2.05) is 0 Å². The third-order valence-electron chi connectivity index (χ3n) is 3.47. The van der Waals surface area contributed by atoms with Crippen LogP contribution in [0.25, 0.3) is 6.08 Å². The smallest absolute Gasteiger partial charge is 0.326 e. The van der Waals surface area contributed by atoms with Crippen LogP contribution in [0.5, 0.6) is 0 Å². The molecular formula is C16H16N2O4S2. The number of thioether (sulfide) groups is 1. The molecule has 2 N–H and O–H groups in total. The predicted molar refractivity (Wildman–Crippen MR) is 96.6 cm³/mol. The van der Waals surface area contributed by atoms with Gasteiger partial charge >= 0.3 is 5.97 Å². The van der Waals surface area contributed by atoms with E-state index in [0.29, 0.717) is 21.2 Å². The maximum absolute atomic E-state index is 12.0. The summed E-state index contributed by atoms with van der Waals surface area (Å²) in [5.41, 5.74) is 1.11. The van der Waals surface area contributed by atoms with Gasteiger partial charge in [-0.05, 0) is 30.2 Å². The van der Waals surface area contributed by atoms with Crippen LogP contribution in [-0.4, -0.2) is 45.2 Å². The molecule has 1 saturated heterocycles. The van der Waals surface area contributed by atoms with Crippen molar-refractivity contribution in [2.45, 2.75) is 19.4 Å². The van der Waals surface area contributed by atoms with Gasteiger partial charge in [0.15, 0.2) is 0 Å². The average molecular weight is 364 g/mol. The first kappa shape index (κ1) is 18.2. The monoisotopic (exact) mass is 364 g/mol. The van der Waals surface area contributed by atoms with Crippen LogP contribution in [0, 0.1) is 0 Å². The molecule has 0 radical (unpaired) electrons. The van der Waals surface area contributed by atoms with Gasteiger partial charge in [0, 0.05) is 12.6 Å². The van der Waals surface area contributed by atoms with Crippen molar-refractivity contribution in [1.82, 2.24) is 10.2 Å². The lowest BCUT2D eigenvalue weighted by Gasteiger charge is -2.12. The van der Waals surface area contributed by atoms with E-state index in [9.17, 15) is 14.4 Å². The highest BCUT2D eigenvalue weighted by Gasteiger charge is 2.28. The lowest BCUT2D eigenvalue weighted by atomic mass is 10.1. The zero-order chi connectivity index (χ0) is 17.9. The van der Waals surface area contributed by atoms with Crippen molar-refractivity contribution in [1.29, 1.82) is 0 Å². The van der Waals surface area contributed by atoms with E-state index in [1.165, 1.54) is 16.7 Å². The van der Waals surface area contributed by atoms with Gasteiger partial charge in [-0.2, -0.15) is 0 Å². The molecule has 6 nitrogen and oxygen atoms in total. The number of hydrogen-bond acceptors (Lipinski definition) is 5. The molecule has 1 fully saturated rings. The fraction of sp³-hybridized carbons (Fsp3) is 0.250. The summed E-state index contributed by atoms with van der Waals surface area (Å²) >= 11 is 6.29. The lowest BCUT2D eigenvalue weighted by molar-refractivity contribution is -0.139. The second-order valence-electron chi connectivity index (χ2n) is 5.14. The number of aliphatic carboxylic acids is 1. The molecule has 1 unspecified atom stereocenters. The summed E-state index contributed by atoms with van der Waals surface area (Å²) in [7, 11) is 1.62. The third-order valence-corrected chi connectivity index (χ3v) is 4.95. The van der Waals surface area contributed by atoms with E-state index in [-0.39, 0.29) is 5.91 Å². The molecule has 0 spiro atoms. The molecule has 1 aromatic carbocycles. The molecule has 8 heteroatoms. The maximum atomic E-state index is 12.0. The van der Waals surface area contributed by atoms with Crippen molar-refractivity contribution in [2.75, 3.05) is 7.05 Å². The first-order chi connectivity index (χ1) is 11.3. The van der Waals surface area contributed by atoms with Crippen molar-refractivity contribution in [3.05, 3.63) is 40.3 Å². The zero-order valence-corrected chi connectivity index (χ0v) is 14.7. The van der Waals surface area contributed by atoms with Gasteiger partial charge in [-0.25, -0.2) is 4.79 Å². The second-order valence-corrected chi connectivity index (χ2v) is 6.81. The Morgan fingerprint density at radius 3 is 2.46 bits per heavy atom. The predicted octanol–water partition coefficient (Wildman–Crippen LogP) is 2.11. The summed E-state index contributed by atoms with van der Waals surface area (Å²) in [6.45, 7) is 1.69. The molecule has 0 bridgehead atoms. The highest BCUT2D eigenvalue weighted by atomic mass is 32.2. The minimum Gasteiger partial charge on any atom is -0.480 e. The highest BCUT2D eigenvalue weighted by molar-refractivity contribution is 8.26. The number of carbonyl (C=O) groups is 3. The van der Waals surface area contributed by atoms with Gasteiger partial charge in [0.1, 0.15) is 10.4 Å². The first-order valence-electron chi connectivity index (χ1n) is 7.18. The summed E-state index contributed by atoms with van der Waals surface area (Å²) < 4.78 is 0.501. The number of thiocarbonyl (C=S) groups is 1. The standard InChI is InChI=1S/C16H16N2O4S2/c1-3-11(15(21)22)17-13(19)10-6-4-9(5-7-10)8-12-14(20)18(2)16(23)24-12/h4-8,11H,3H2,1-2H3,(H,17,19)(H,21,22)/b12-8-. The Morgan fingerprint density at radius 1 is 1.38 bits per heavy atom.